The number of benzene rings is 2. The van der Waals surface area contributed by atoms with Gasteiger partial charge < -0.3 is 29.7 Å². The van der Waals surface area contributed by atoms with E-state index in [1.54, 1.807) is 7.11 Å². The molecule has 2 N–H and O–H groups in total. The molecule has 0 spiro atoms. The maximum atomic E-state index is 12.3. The summed E-state index contributed by atoms with van der Waals surface area (Å²) in [6.07, 6.45) is 0. The Balaban J connectivity index is 1.80. The zero-order valence-corrected chi connectivity index (χ0v) is 18.1. The number of nitrogens with zero attached hydrogens (tertiary/aromatic N) is 1. The number of rotatable bonds is 13. The number of para-hydroxylation sites is 2. The molecule has 7 heteroatoms. The average Bonchev–Trinajstić information content (AvgIpc) is 2.77. The fraction of sp³-hybridized carbons (Fsp3) is 0.435. The number of hydrogen-bond acceptors (Lipinski definition) is 5. The van der Waals surface area contributed by atoms with E-state index in [2.05, 4.69) is 29.4 Å². The molecule has 30 heavy (non-hydrogen) atoms. The van der Waals surface area contributed by atoms with Gasteiger partial charge in [0.1, 0.15) is 24.7 Å². The van der Waals surface area contributed by atoms with Gasteiger partial charge in [0.05, 0.1) is 12.3 Å². The smallest absolute Gasteiger partial charge is 0.319 e. The summed E-state index contributed by atoms with van der Waals surface area (Å²) in [5, 5.41) is 5.73. The van der Waals surface area contributed by atoms with Crippen molar-refractivity contribution in [1.82, 2.24) is 10.2 Å². The second-order valence-electron chi connectivity index (χ2n) is 6.66. The Labute approximate surface area is 179 Å². The third-order valence-corrected chi connectivity index (χ3v) is 4.63. The van der Waals surface area contributed by atoms with Crippen molar-refractivity contribution >= 4 is 11.7 Å². The molecule has 2 amide bonds. The Morgan fingerprint density at radius 2 is 1.67 bits per heavy atom. The SMILES string of the molecule is CCN(CC)CCOc1ccccc1NC(=O)NCc1ccc(OCCOC)cc1. The van der Waals surface area contributed by atoms with Gasteiger partial charge in [0.25, 0.3) is 0 Å². The second kappa shape index (κ2) is 13.5. The molecule has 2 aromatic rings. The molecule has 0 aliphatic rings. The fourth-order valence-electron chi connectivity index (χ4n) is 2.82. The number of amides is 2. The summed E-state index contributed by atoms with van der Waals surface area (Å²) in [4.78, 5) is 14.6. The van der Waals surface area contributed by atoms with Crippen LogP contribution in [0.5, 0.6) is 11.5 Å². The Kier molecular flexibility index (Phi) is 10.5. The monoisotopic (exact) mass is 415 g/mol. The van der Waals surface area contributed by atoms with E-state index < -0.39 is 0 Å². The first-order valence-electron chi connectivity index (χ1n) is 10.4. The normalized spacial score (nSPS) is 10.7. The molecule has 0 saturated heterocycles. The van der Waals surface area contributed by atoms with E-state index in [1.165, 1.54) is 0 Å². The Bertz CT molecular complexity index is 748. The number of carbonyl (C=O) groups excluding carboxylic acids is 1. The summed E-state index contributed by atoms with van der Waals surface area (Å²) in [6.45, 7) is 9.12. The highest BCUT2D eigenvalue weighted by atomic mass is 16.5. The molecule has 2 rings (SSSR count). The molecule has 0 radical (unpaired) electrons. The van der Waals surface area contributed by atoms with Gasteiger partial charge in [-0.15, -0.1) is 0 Å². The number of ether oxygens (including phenoxy) is 3. The number of likely N-dealkylation sites (N-methyl/N-ethyl adjacent to an activating group) is 1. The van der Waals surface area contributed by atoms with Gasteiger partial charge >= 0.3 is 6.03 Å². The average molecular weight is 416 g/mol. The molecule has 0 aliphatic carbocycles. The minimum absolute atomic E-state index is 0.282. The minimum Gasteiger partial charge on any atom is -0.491 e. The van der Waals surface area contributed by atoms with Crippen molar-refractivity contribution in [3.05, 3.63) is 54.1 Å². The first-order valence-corrected chi connectivity index (χ1v) is 10.4. The van der Waals surface area contributed by atoms with E-state index in [0.29, 0.717) is 37.8 Å². The first kappa shape index (κ1) is 23.5. The third kappa shape index (κ3) is 8.31. The van der Waals surface area contributed by atoms with Crippen LogP contribution in [-0.4, -0.2) is 57.5 Å². The van der Waals surface area contributed by atoms with Crippen LogP contribution in [0.25, 0.3) is 0 Å². The van der Waals surface area contributed by atoms with E-state index >= 15 is 0 Å². The number of carbonyl (C=O) groups is 1. The van der Waals surface area contributed by atoms with Gasteiger partial charge in [-0.05, 0) is 42.9 Å². The largest absolute Gasteiger partial charge is 0.491 e. The molecule has 7 nitrogen and oxygen atoms in total. The Hall–Kier alpha value is -2.77. The topological polar surface area (TPSA) is 72.1 Å². The summed E-state index contributed by atoms with van der Waals surface area (Å²) >= 11 is 0. The quantitative estimate of drug-likeness (QED) is 0.488. The van der Waals surface area contributed by atoms with Crippen molar-refractivity contribution in [2.24, 2.45) is 0 Å². The molecule has 0 aliphatic heterocycles. The molecular formula is C23H33N3O4. The van der Waals surface area contributed by atoms with E-state index in [1.807, 2.05) is 48.5 Å². The molecule has 0 bridgehead atoms. The van der Waals surface area contributed by atoms with Gasteiger partial charge in [0, 0.05) is 20.2 Å². The lowest BCUT2D eigenvalue weighted by Crippen LogP contribution is -2.29. The lowest BCUT2D eigenvalue weighted by molar-refractivity contribution is 0.146. The maximum Gasteiger partial charge on any atom is 0.319 e. The Morgan fingerprint density at radius 1 is 0.933 bits per heavy atom. The minimum atomic E-state index is -0.282. The maximum absolute atomic E-state index is 12.3. The molecule has 2 aromatic carbocycles. The molecule has 0 saturated carbocycles. The second-order valence-corrected chi connectivity index (χ2v) is 6.66. The van der Waals surface area contributed by atoms with Crippen LogP contribution < -0.4 is 20.1 Å². The number of urea groups is 1. The number of anilines is 1. The lowest BCUT2D eigenvalue weighted by atomic mass is 10.2. The van der Waals surface area contributed by atoms with E-state index in [0.717, 1.165) is 30.9 Å². The summed E-state index contributed by atoms with van der Waals surface area (Å²) in [7, 11) is 1.64. The molecule has 0 aromatic heterocycles. The molecule has 0 atom stereocenters. The molecule has 0 heterocycles. The van der Waals surface area contributed by atoms with Gasteiger partial charge in [0.2, 0.25) is 0 Å². The van der Waals surface area contributed by atoms with Crippen molar-refractivity contribution in [3.63, 3.8) is 0 Å². The van der Waals surface area contributed by atoms with Crippen molar-refractivity contribution in [1.29, 1.82) is 0 Å². The van der Waals surface area contributed by atoms with Gasteiger partial charge in [0.15, 0.2) is 0 Å². The predicted molar refractivity (Wildman–Crippen MR) is 119 cm³/mol. The molecule has 0 fully saturated rings. The zero-order valence-electron chi connectivity index (χ0n) is 18.1. The molecule has 164 valence electrons. The predicted octanol–water partition coefficient (Wildman–Crippen LogP) is 3.75. The van der Waals surface area contributed by atoms with Gasteiger partial charge in [-0.2, -0.15) is 0 Å². The Morgan fingerprint density at radius 3 is 2.37 bits per heavy atom. The molecule has 0 unspecified atom stereocenters. The van der Waals surface area contributed by atoms with Gasteiger partial charge in [-0.25, -0.2) is 4.79 Å². The van der Waals surface area contributed by atoms with Crippen LogP contribution >= 0.6 is 0 Å². The van der Waals surface area contributed by atoms with Crippen LogP contribution in [0.4, 0.5) is 10.5 Å². The highest BCUT2D eigenvalue weighted by molar-refractivity contribution is 5.90. The summed E-state index contributed by atoms with van der Waals surface area (Å²) < 4.78 is 16.4. The standard InChI is InChI=1S/C23H33N3O4/c1-4-26(5-2)14-15-30-22-9-7-6-8-21(22)25-23(27)24-18-19-10-12-20(13-11-19)29-17-16-28-3/h6-13H,4-5,14-18H2,1-3H3,(H2,24,25,27). The number of hydrogen-bond donors (Lipinski definition) is 2. The van der Waals surface area contributed by atoms with Gasteiger partial charge in [-0.1, -0.05) is 38.1 Å². The van der Waals surface area contributed by atoms with Gasteiger partial charge in [-0.3, -0.25) is 0 Å². The fourth-order valence-corrected chi connectivity index (χ4v) is 2.82. The van der Waals surface area contributed by atoms with Crippen LogP contribution in [0.3, 0.4) is 0 Å². The summed E-state index contributed by atoms with van der Waals surface area (Å²) in [5.41, 5.74) is 1.63. The van der Waals surface area contributed by atoms with Crippen LogP contribution in [0, 0.1) is 0 Å². The highest BCUT2D eigenvalue weighted by Crippen LogP contribution is 2.23. The first-order chi connectivity index (χ1) is 14.7. The van der Waals surface area contributed by atoms with Crippen LogP contribution in [0.1, 0.15) is 19.4 Å². The van der Waals surface area contributed by atoms with Crippen molar-refractivity contribution < 1.29 is 19.0 Å². The number of methoxy groups -OCH3 is 1. The van der Waals surface area contributed by atoms with Crippen LogP contribution in [0.15, 0.2) is 48.5 Å². The summed E-state index contributed by atoms with van der Waals surface area (Å²) in [6, 6.07) is 14.8. The van der Waals surface area contributed by atoms with Crippen molar-refractivity contribution in [2.45, 2.75) is 20.4 Å². The lowest BCUT2D eigenvalue weighted by Gasteiger charge is -2.19. The van der Waals surface area contributed by atoms with Crippen LogP contribution in [-0.2, 0) is 11.3 Å². The third-order valence-electron chi connectivity index (χ3n) is 4.63. The van der Waals surface area contributed by atoms with E-state index in [4.69, 9.17) is 14.2 Å². The van der Waals surface area contributed by atoms with Crippen molar-refractivity contribution in [2.75, 3.05) is 51.9 Å². The van der Waals surface area contributed by atoms with E-state index in [-0.39, 0.29) is 6.03 Å². The molecular weight excluding hydrogens is 382 g/mol. The zero-order chi connectivity index (χ0) is 21.6. The highest BCUT2D eigenvalue weighted by Gasteiger charge is 2.08. The van der Waals surface area contributed by atoms with Crippen molar-refractivity contribution in [3.8, 4) is 11.5 Å². The number of nitrogens with one attached hydrogen (secondary N) is 2. The van der Waals surface area contributed by atoms with Crippen LogP contribution in [0.2, 0.25) is 0 Å². The summed E-state index contributed by atoms with van der Waals surface area (Å²) in [5.74, 6) is 1.44. The van der Waals surface area contributed by atoms with E-state index in [9.17, 15) is 4.79 Å².